The SMILES string of the molecule is C1CSCC2(C1)CNCCO2. The summed E-state index contributed by atoms with van der Waals surface area (Å²) >= 11 is 2.04. The van der Waals surface area contributed by atoms with Crippen molar-refractivity contribution in [1.29, 1.82) is 0 Å². The minimum absolute atomic E-state index is 0.209. The van der Waals surface area contributed by atoms with Gasteiger partial charge in [-0.3, -0.25) is 0 Å². The quantitative estimate of drug-likeness (QED) is 0.587. The van der Waals surface area contributed by atoms with Crippen LogP contribution in [0.1, 0.15) is 12.8 Å². The van der Waals surface area contributed by atoms with Crippen LogP contribution < -0.4 is 5.32 Å². The van der Waals surface area contributed by atoms with E-state index in [0.29, 0.717) is 0 Å². The molecule has 64 valence electrons. The molecule has 1 N–H and O–H groups in total. The minimum Gasteiger partial charge on any atom is -0.371 e. The summed E-state index contributed by atoms with van der Waals surface area (Å²) in [7, 11) is 0. The Hall–Kier alpha value is 0.270. The zero-order valence-corrected chi connectivity index (χ0v) is 7.58. The predicted octanol–water partition coefficient (Wildman–Crippen LogP) is 0.872. The van der Waals surface area contributed by atoms with E-state index in [4.69, 9.17) is 4.74 Å². The Bertz CT molecular complexity index is 109. The third kappa shape index (κ3) is 1.71. The van der Waals surface area contributed by atoms with Gasteiger partial charge in [-0.15, -0.1) is 0 Å². The van der Waals surface area contributed by atoms with Gasteiger partial charge in [0.2, 0.25) is 0 Å². The molecule has 0 aromatic heterocycles. The molecule has 2 nitrogen and oxygen atoms in total. The van der Waals surface area contributed by atoms with Crippen molar-refractivity contribution in [1.82, 2.24) is 5.32 Å². The second-order valence-electron chi connectivity index (χ2n) is 3.36. The van der Waals surface area contributed by atoms with Crippen LogP contribution in [0, 0.1) is 0 Å². The summed E-state index contributed by atoms with van der Waals surface area (Å²) in [6, 6.07) is 0. The van der Waals surface area contributed by atoms with E-state index in [1.807, 2.05) is 11.8 Å². The highest BCUT2D eigenvalue weighted by Crippen LogP contribution is 2.30. The van der Waals surface area contributed by atoms with Crippen LogP contribution in [0.25, 0.3) is 0 Å². The van der Waals surface area contributed by atoms with Gasteiger partial charge in [0.25, 0.3) is 0 Å². The standard InChI is InChI=1S/C8H15NOS/c1-2-8(7-11-5-1)6-9-3-4-10-8/h9H,1-7H2. The smallest absolute Gasteiger partial charge is 0.0897 e. The zero-order chi connectivity index (χ0) is 7.57. The van der Waals surface area contributed by atoms with E-state index in [9.17, 15) is 0 Å². The van der Waals surface area contributed by atoms with E-state index < -0.39 is 0 Å². The van der Waals surface area contributed by atoms with Crippen LogP contribution in [0.4, 0.5) is 0 Å². The third-order valence-corrected chi connectivity index (χ3v) is 3.73. The van der Waals surface area contributed by atoms with Gasteiger partial charge in [0, 0.05) is 18.8 Å². The first kappa shape index (κ1) is 7.90. The molecule has 0 saturated carbocycles. The second-order valence-corrected chi connectivity index (χ2v) is 4.47. The normalized spacial score (nSPS) is 39.3. The summed E-state index contributed by atoms with van der Waals surface area (Å²) < 4.78 is 5.82. The molecule has 2 saturated heterocycles. The first-order chi connectivity index (χ1) is 5.41. The molecule has 1 spiro atoms. The van der Waals surface area contributed by atoms with Crippen molar-refractivity contribution in [3.05, 3.63) is 0 Å². The van der Waals surface area contributed by atoms with Crippen molar-refractivity contribution in [2.24, 2.45) is 0 Å². The van der Waals surface area contributed by atoms with E-state index in [-0.39, 0.29) is 5.60 Å². The number of morpholine rings is 1. The third-order valence-electron chi connectivity index (χ3n) is 2.42. The van der Waals surface area contributed by atoms with Crippen LogP contribution in [0.15, 0.2) is 0 Å². The maximum Gasteiger partial charge on any atom is 0.0897 e. The molecule has 2 aliphatic heterocycles. The molecule has 0 aromatic carbocycles. The fourth-order valence-electron chi connectivity index (χ4n) is 1.79. The first-order valence-corrected chi connectivity index (χ1v) is 5.49. The Morgan fingerprint density at radius 1 is 1.45 bits per heavy atom. The lowest BCUT2D eigenvalue weighted by Gasteiger charge is -2.40. The number of hydrogen-bond donors (Lipinski definition) is 1. The summed E-state index contributed by atoms with van der Waals surface area (Å²) in [5.41, 5.74) is 0.209. The van der Waals surface area contributed by atoms with Gasteiger partial charge in [-0.05, 0) is 18.6 Å². The molecule has 1 atom stereocenters. The van der Waals surface area contributed by atoms with Gasteiger partial charge in [-0.1, -0.05) is 0 Å². The Kier molecular flexibility index (Phi) is 2.39. The van der Waals surface area contributed by atoms with Crippen molar-refractivity contribution in [3.8, 4) is 0 Å². The largest absolute Gasteiger partial charge is 0.371 e. The lowest BCUT2D eigenvalue weighted by atomic mass is 9.98. The van der Waals surface area contributed by atoms with Gasteiger partial charge in [0.05, 0.1) is 12.2 Å². The van der Waals surface area contributed by atoms with Gasteiger partial charge in [-0.2, -0.15) is 11.8 Å². The maximum atomic E-state index is 5.82. The molecule has 3 heteroatoms. The fraction of sp³-hybridized carbons (Fsp3) is 1.00. The van der Waals surface area contributed by atoms with Gasteiger partial charge >= 0.3 is 0 Å². The molecule has 2 heterocycles. The van der Waals surface area contributed by atoms with Crippen LogP contribution in [-0.2, 0) is 4.74 Å². The van der Waals surface area contributed by atoms with Gasteiger partial charge < -0.3 is 10.1 Å². The predicted molar refractivity (Wildman–Crippen MR) is 48.1 cm³/mol. The molecule has 1 unspecified atom stereocenters. The molecular weight excluding hydrogens is 158 g/mol. The van der Waals surface area contributed by atoms with Crippen molar-refractivity contribution >= 4 is 11.8 Å². The van der Waals surface area contributed by atoms with E-state index in [1.54, 1.807) is 0 Å². The molecule has 0 aliphatic carbocycles. The lowest BCUT2D eigenvalue weighted by molar-refractivity contribution is -0.0558. The summed E-state index contributed by atoms with van der Waals surface area (Å²) in [5, 5.41) is 3.41. The molecule has 2 rings (SSSR count). The summed E-state index contributed by atoms with van der Waals surface area (Å²) in [6.07, 6.45) is 2.58. The van der Waals surface area contributed by atoms with Crippen LogP contribution in [0.3, 0.4) is 0 Å². The molecule has 0 aromatic rings. The van der Waals surface area contributed by atoms with Crippen molar-refractivity contribution in [2.45, 2.75) is 18.4 Å². The number of nitrogens with one attached hydrogen (secondary N) is 1. The molecule has 0 radical (unpaired) electrons. The molecule has 2 fully saturated rings. The maximum absolute atomic E-state index is 5.82. The Morgan fingerprint density at radius 3 is 3.09 bits per heavy atom. The lowest BCUT2D eigenvalue weighted by Crippen LogP contribution is -2.52. The summed E-state index contributed by atoms with van der Waals surface area (Å²) in [5.74, 6) is 2.52. The van der Waals surface area contributed by atoms with Crippen molar-refractivity contribution in [2.75, 3.05) is 31.2 Å². The van der Waals surface area contributed by atoms with Crippen LogP contribution >= 0.6 is 11.8 Å². The highest BCUT2D eigenvalue weighted by atomic mass is 32.2. The number of rotatable bonds is 0. The highest BCUT2D eigenvalue weighted by Gasteiger charge is 2.34. The molecule has 11 heavy (non-hydrogen) atoms. The zero-order valence-electron chi connectivity index (χ0n) is 6.77. The number of ether oxygens (including phenoxy) is 1. The summed E-state index contributed by atoms with van der Waals surface area (Å²) in [4.78, 5) is 0. The van der Waals surface area contributed by atoms with Gasteiger partial charge in [0.1, 0.15) is 0 Å². The fourth-order valence-corrected chi connectivity index (χ4v) is 2.98. The second kappa shape index (κ2) is 3.33. The molecule has 0 amide bonds. The van der Waals surface area contributed by atoms with E-state index in [0.717, 1.165) is 19.7 Å². The van der Waals surface area contributed by atoms with Crippen LogP contribution in [0.2, 0.25) is 0 Å². The van der Waals surface area contributed by atoms with E-state index in [2.05, 4.69) is 5.32 Å². The van der Waals surface area contributed by atoms with Crippen molar-refractivity contribution in [3.63, 3.8) is 0 Å². The Morgan fingerprint density at radius 2 is 2.45 bits per heavy atom. The van der Waals surface area contributed by atoms with Crippen molar-refractivity contribution < 1.29 is 4.74 Å². The Balaban J connectivity index is 1.94. The Labute approximate surface area is 72.1 Å². The average molecular weight is 173 g/mol. The first-order valence-electron chi connectivity index (χ1n) is 4.34. The average Bonchev–Trinajstić information content (AvgIpc) is 2.07. The summed E-state index contributed by atoms with van der Waals surface area (Å²) in [6.45, 7) is 3.01. The highest BCUT2D eigenvalue weighted by molar-refractivity contribution is 7.99. The van der Waals surface area contributed by atoms with Gasteiger partial charge in [-0.25, -0.2) is 0 Å². The molecule has 2 aliphatic rings. The topological polar surface area (TPSA) is 21.3 Å². The molecular formula is C8H15NOS. The molecule has 0 bridgehead atoms. The van der Waals surface area contributed by atoms with E-state index in [1.165, 1.54) is 24.3 Å². The van der Waals surface area contributed by atoms with Crippen LogP contribution in [0.5, 0.6) is 0 Å². The van der Waals surface area contributed by atoms with Gasteiger partial charge in [0.15, 0.2) is 0 Å². The monoisotopic (exact) mass is 173 g/mol. The van der Waals surface area contributed by atoms with E-state index >= 15 is 0 Å². The number of hydrogen-bond acceptors (Lipinski definition) is 3. The minimum atomic E-state index is 0.209. The van der Waals surface area contributed by atoms with Crippen LogP contribution in [-0.4, -0.2) is 36.8 Å². The number of thioether (sulfide) groups is 1.